The van der Waals surface area contributed by atoms with E-state index in [4.69, 9.17) is 0 Å². The van der Waals surface area contributed by atoms with Gasteiger partial charge in [0, 0.05) is 29.3 Å². The summed E-state index contributed by atoms with van der Waals surface area (Å²) < 4.78 is 14.3. The molecule has 4 nitrogen and oxygen atoms in total. The average molecular weight is 396 g/mol. The van der Waals surface area contributed by atoms with Crippen molar-refractivity contribution >= 4 is 29.3 Å². The van der Waals surface area contributed by atoms with E-state index < -0.39 is 4.87 Å². The van der Waals surface area contributed by atoms with Gasteiger partial charge >= 0.3 is 0 Å². The quantitative estimate of drug-likeness (QED) is 0.792. The van der Waals surface area contributed by atoms with Crippen LogP contribution in [0.3, 0.4) is 0 Å². The van der Waals surface area contributed by atoms with Gasteiger partial charge in [-0.1, -0.05) is 35.9 Å². The molecule has 0 N–H and O–H groups in total. The Balaban J connectivity index is 1.61. The minimum absolute atomic E-state index is 0.0530. The second-order valence-electron chi connectivity index (χ2n) is 7.76. The fourth-order valence-electron chi connectivity index (χ4n) is 4.25. The van der Waals surface area contributed by atoms with Crippen LogP contribution in [-0.2, 0) is 21.0 Å². The van der Waals surface area contributed by atoms with Crippen LogP contribution in [0.5, 0.6) is 0 Å². The van der Waals surface area contributed by atoms with Gasteiger partial charge in [0.05, 0.1) is 12.2 Å². The Labute approximate surface area is 167 Å². The van der Waals surface area contributed by atoms with Gasteiger partial charge in [-0.05, 0) is 31.9 Å². The van der Waals surface area contributed by atoms with Crippen molar-refractivity contribution in [2.75, 3.05) is 17.2 Å². The average Bonchev–Trinajstić information content (AvgIpc) is 3.40. The molecule has 5 rings (SSSR count). The van der Waals surface area contributed by atoms with E-state index in [9.17, 15) is 14.0 Å². The molecule has 2 aromatic rings. The van der Waals surface area contributed by atoms with Gasteiger partial charge in [0.25, 0.3) is 5.91 Å². The zero-order valence-electron chi connectivity index (χ0n) is 15.7. The molecule has 0 radical (unpaired) electrons. The van der Waals surface area contributed by atoms with Crippen LogP contribution in [0.4, 0.5) is 10.1 Å². The number of anilines is 1. The molecular formula is C22H21FN2O2S. The fourth-order valence-corrected chi connectivity index (χ4v) is 5.71. The minimum atomic E-state index is -1.01. The molecule has 0 unspecified atom stereocenters. The number of carbonyl (C=O) groups excluding carboxylic acids is 2. The van der Waals surface area contributed by atoms with Crippen molar-refractivity contribution in [1.29, 1.82) is 0 Å². The maximum atomic E-state index is 14.3. The van der Waals surface area contributed by atoms with Crippen molar-refractivity contribution < 1.29 is 14.0 Å². The molecular weight excluding hydrogens is 375 g/mol. The first kappa shape index (κ1) is 17.7. The highest BCUT2D eigenvalue weighted by atomic mass is 32.2. The van der Waals surface area contributed by atoms with Crippen molar-refractivity contribution in [2.24, 2.45) is 5.92 Å². The maximum absolute atomic E-state index is 14.3. The van der Waals surface area contributed by atoms with Gasteiger partial charge in [0.2, 0.25) is 5.91 Å². The highest BCUT2D eigenvalue weighted by Crippen LogP contribution is 2.55. The van der Waals surface area contributed by atoms with Crippen LogP contribution in [0, 0.1) is 18.7 Å². The van der Waals surface area contributed by atoms with Gasteiger partial charge < -0.3 is 9.80 Å². The lowest BCUT2D eigenvalue weighted by molar-refractivity contribution is -0.141. The van der Waals surface area contributed by atoms with E-state index in [0.717, 1.165) is 35.4 Å². The Morgan fingerprint density at radius 3 is 2.79 bits per heavy atom. The summed E-state index contributed by atoms with van der Waals surface area (Å²) >= 11 is 1.53. The number of halogens is 1. The predicted octanol–water partition coefficient (Wildman–Crippen LogP) is 3.82. The SMILES string of the molecule is Cc1ccc2c(c1)[C@@]1(SCCN1C(=O)C1CC1)C(=O)N2Cc1ccccc1F. The highest BCUT2D eigenvalue weighted by Gasteiger charge is 2.60. The molecule has 2 fully saturated rings. The minimum Gasteiger partial charge on any atom is -0.315 e. The first-order valence-corrected chi connectivity index (χ1v) is 10.6. The molecule has 2 aromatic carbocycles. The normalized spacial score (nSPS) is 23.6. The summed E-state index contributed by atoms with van der Waals surface area (Å²) in [5.41, 5.74) is 3.17. The van der Waals surface area contributed by atoms with E-state index in [2.05, 4.69) is 0 Å². The lowest BCUT2D eigenvalue weighted by Crippen LogP contribution is -2.50. The Morgan fingerprint density at radius 1 is 1.25 bits per heavy atom. The number of rotatable bonds is 3. The lowest BCUT2D eigenvalue weighted by Gasteiger charge is -2.33. The monoisotopic (exact) mass is 396 g/mol. The summed E-state index contributed by atoms with van der Waals surface area (Å²) in [4.78, 5) is 29.2. The topological polar surface area (TPSA) is 40.6 Å². The zero-order chi connectivity index (χ0) is 19.5. The number of benzene rings is 2. The second kappa shape index (κ2) is 6.34. The molecule has 1 saturated heterocycles. The molecule has 6 heteroatoms. The van der Waals surface area contributed by atoms with Crippen molar-refractivity contribution in [2.45, 2.75) is 31.2 Å². The second-order valence-corrected chi connectivity index (χ2v) is 9.05. The molecule has 1 saturated carbocycles. The van der Waals surface area contributed by atoms with Gasteiger partial charge in [-0.2, -0.15) is 0 Å². The summed E-state index contributed by atoms with van der Waals surface area (Å²) in [5, 5.41) is 0. The fraction of sp³-hybridized carbons (Fsp3) is 0.364. The Bertz CT molecular complexity index is 990. The number of nitrogens with zero attached hydrogens (tertiary/aromatic N) is 2. The molecule has 144 valence electrons. The van der Waals surface area contributed by atoms with E-state index >= 15 is 0 Å². The third kappa shape index (κ3) is 2.50. The van der Waals surface area contributed by atoms with Crippen molar-refractivity contribution in [3.8, 4) is 0 Å². The van der Waals surface area contributed by atoms with Gasteiger partial charge in [-0.25, -0.2) is 4.39 Å². The van der Waals surface area contributed by atoms with Crippen molar-refractivity contribution in [3.63, 3.8) is 0 Å². The van der Waals surface area contributed by atoms with Crippen molar-refractivity contribution in [3.05, 3.63) is 65.0 Å². The van der Waals surface area contributed by atoms with Gasteiger partial charge in [0.1, 0.15) is 5.82 Å². The maximum Gasteiger partial charge on any atom is 0.268 e. The number of hydrogen-bond donors (Lipinski definition) is 0. The van der Waals surface area contributed by atoms with Crippen LogP contribution in [0.1, 0.15) is 29.5 Å². The molecule has 1 atom stereocenters. The van der Waals surface area contributed by atoms with Gasteiger partial charge in [-0.15, -0.1) is 11.8 Å². The van der Waals surface area contributed by atoms with E-state index in [-0.39, 0.29) is 30.1 Å². The largest absolute Gasteiger partial charge is 0.315 e. The molecule has 0 bridgehead atoms. The summed E-state index contributed by atoms with van der Waals surface area (Å²) in [5.74, 6) is 0.407. The van der Waals surface area contributed by atoms with Crippen LogP contribution in [-0.4, -0.2) is 29.0 Å². The number of hydrogen-bond acceptors (Lipinski definition) is 3. The third-order valence-corrected chi connectivity index (χ3v) is 7.25. The van der Waals surface area contributed by atoms with E-state index in [1.165, 1.54) is 17.8 Å². The van der Waals surface area contributed by atoms with E-state index in [0.29, 0.717) is 12.1 Å². The first-order chi connectivity index (χ1) is 13.5. The number of thioether (sulfide) groups is 1. The van der Waals surface area contributed by atoms with E-state index in [1.807, 2.05) is 25.1 Å². The smallest absolute Gasteiger partial charge is 0.268 e. The zero-order valence-corrected chi connectivity index (χ0v) is 16.5. The molecule has 2 heterocycles. The summed E-state index contributed by atoms with van der Waals surface area (Å²) in [6.45, 7) is 2.73. The number of fused-ring (bicyclic) bond motifs is 2. The summed E-state index contributed by atoms with van der Waals surface area (Å²) in [6, 6.07) is 12.4. The molecule has 2 aliphatic heterocycles. The van der Waals surface area contributed by atoms with Crippen LogP contribution in [0.15, 0.2) is 42.5 Å². The standard InChI is InChI=1S/C22H21FN2O2S/c1-14-6-9-19-17(12-14)22(25(10-11-28-22)20(26)15-7-8-15)21(27)24(19)13-16-4-2-3-5-18(16)23/h2-6,9,12,15H,7-8,10-11,13H2,1H3/t22-/m1/s1. The van der Waals surface area contributed by atoms with Crippen LogP contribution in [0.25, 0.3) is 0 Å². The lowest BCUT2D eigenvalue weighted by atomic mass is 10.0. The summed E-state index contributed by atoms with van der Waals surface area (Å²) in [6.07, 6.45) is 1.81. The summed E-state index contributed by atoms with van der Waals surface area (Å²) in [7, 11) is 0. The predicted molar refractivity (Wildman–Crippen MR) is 107 cm³/mol. The molecule has 2 amide bonds. The number of aryl methyl sites for hydroxylation is 1. The highest BCUT2D eigenvalue weighted by molar-refractivity contribution is 8.01. The molecule has 28 heavy (non-hydrogen) atoms. The number of amides is 2. The number of carbonyl (C=O) groups is 2. The van der Waals surface area contributed by atoms with Gasteiger partial charge in [-0.3, -0.25) is 9.59 Å². The first-order valence-electron chi connectivity index (χ1n) is 9.64. The molecule has 0 aromatic heterocycles. The molecule has 3 aliphatic rings. The van der Waals surface area contributed by atoms with Crippen LogP contribution < -0.4 is 4.90 Å². The molecule has 1 spiro atoms. The van der Waals surface area contributed by atoms with Gasteiger partial charge in [0.15, 0.2) is 4.87 Å². The Morgan fingerprint density at radius 2 is 2.04 bits per heavy atom. The van der Waals surface area contributed by atoms with E-state index in [1.54, 1.807) is 28.0 Å². The Hall–Kier alpha value is -2.34. The van der Waals surface area contributed by atoms with Crippen molar-refractivity contribution in [1.82, 2.24) is 4.90 Å². The van der Waals surface area contributed by atoms with Crippen LogP contribution in [0.2, 0.25) is 0 Å². The molecule has 1 aliphatic carbocycles. The van der Waals surface area contributed by atoms with Crippen LogP contribution >= 0.6 is 11.8 Å². The Kier molecular flexibility index (Phi) is 4.02. The third-order valence-electron chi connectivity index (χ3n) is 5.83.